The number of nitrogens with one attached hydrogen (secondary N) is 2. The van der Waals surface area contributed by atoms with Gasteiger partial charge in [0.1, 0.15) is 4.90 Å². The molecule has 0 aromatic heterocycles. The molecule has 1 aromatic rings. The number of halogens is 3. The van der Waals surface area contributed by atoms with Gasteiger partial charge in [-0.3, -0.25) is 4.79 Å². The molecule has 0 atom stereocenters. The maximum absolute atomic E-state index is 12.3. The van der Waals surface area contributed by atoms with Crippen molar-refractivity contribution in [2.24, 2.45) is 0 Å². The highest BCUT2D eigenvalue weighted by molar-refractivity contribution is 9.10. The van der Waals surface area contributed by atoms with E-state index in [2.05, 4.69) is 26.0 Å². The number of hydrogen-bond acceptors (Lipinski definition) is 3. The van der Waals surface area contributed by atoms with E-state index >= 15 is 0 Å². The average Bonchev–Trinajstić information content (AvgIpc) is 2.45. The van der Waals surface area contributed by atoms with Crippen LogP contribution in [0.1, 0.15) is 32.1 Å². The summed E-state index contributed by atoms with van der Waals surface area (Å²) < 4.78 is 27.4. The first-order chi connectivity index (χ1) is 10.8. The lowest BCUT2D eigenvalue weighted by Crippen LogP contribution is -2.42. The Kier molecular flexibility index (Phi) is 6.74. The molecule has 0 spiro atoms. The molecule has 2 N–H and O–H groups in total. The van der Waals surface area contributed by atoms with Crippen molar-refractivity contribution in [2.75, 3.05) is 6.54 Å². The van der Waals surface area contributed by atoms with Crippen LogP contribution in [0.2, 0.25) is 10.0 Å². The number of hydrogen-bond donors (Lipinski definition) is 2. The maximum atomic E-state index is 12.3. The second-order valence-corrected chi connectivity index (χ2v) is 8.86. The zero-order valence-electron chi connectivity index (χ0n) is 12.2. The summed E-state index contributed by atoms with van der Waals surface area (Å²) in [6.45, 7) is -0.346. The number of carbonyl (C=O) groups excluding carboxylic acids is 1. The molecule has 23 heavy (non-hydrogen) atoms. The van der Waals surface area contributed by atoms with Crippen molar-refractivity contribution >= 4 is 55.1 Å². The van der Waals surface area contributed by atoms with Crippen LogP contribution in [0.15, 0.2) is 21.5 Å². The Morgan fingerprint density at radius 1 is 1.17 bits per heavy atom. The summed E-state index contributed by atoms with van der Waals surface area (Å²) in [6.07, 6.45) is 5.22. The minimum Gasteiger partial charge on any atom is -0.352 e. The molecule has 1 aromatic carbocycles. The maximum Gasteiger partial charge on any atom is 0.244 e. The van der Waals surface area contributed by atoms with Crippen LogP contribution in [0.4, 0.5) is 0 Å². The summed E-state index contributed by atoms with van der Waals surface area (Å²) in [5.74, 6) is -0.357. The van der Waals surface area contributed by atoms with E-state index in [1.54, 1.807) is 0 Å². The van der Waals surface area contributed by atoms with Gasteiger partial charge in [-0.25, -0.2) is 13.1 Å². The fraction of sp³-hybridized carbons (Fsp3) is 0.500. The van der Waals surface area contributed by atoms with Crippen LogP contribution in [0.3, 0.4) is 0 Å². The lowest BCUT2D eigenvalue weighted by atomic mass is 9.95. The Labute approximate surface area is 154 Å². The average molecular weight is 444 g/mol. The van der Waals surface area contributed by atoms with Crippen LogP contribution in [0.25, 0.3) is 0 Å². The molecule has 9 heteroatoms. The van der Waals surface area contributed by atoms with E-state index in [0.29, 0.717) is 4.47 Å². The van der Waals surface area contributed by atoms with Gasteiger partial charge in [-0.05, 0) is 25.0 Å². The molecule has 0 radical (unpaired) electrons. The van der Waals surface area contributed by atoms with E-state index in [-0.39, 0.29) is 33.4 Å². The molecule has 1 fully saturated rings. The van der Waals surface area contributed by atoms with E-state index < -0.39 is 10.0 Å². The number of amides is 1. The van der Waals surface area contributed by atoms with Gasteiger partial charge in [0.15, 0.2) is 0 Å². The van der Waals surface area contributed by atoms with Crippen LogP contribution < -0.4 is 10.0 Å². The third-order valence-electron chi connectivity index (χ3n) is 3.62. The monoisotopic (exact) mass is 442 g/mol. The number of carbonyl (C=O) groups is 1. The third-order valence-corrected chi connectivity index (χ3v) is 6.40. The van der Waals surface area contributed by atoms with Crippen molar-refractivity contribution in [1.82, 2.24) is 10.0 Å². The van der Waals surface area contributed by atoms with Gasteiger partial charge in [0.2, 0.25) is 15.9 Å². The quantitative estimate of drug-likeness (QED) is 0.731. The van der Waals surface area contributed by atoms with Crippen molar-refractivity contribution in [3.63, 3.8) is 0 Å². The molecule has 0 aliphatic heterocycles. The molecule has 0 heterocycles. The van der Waals surface area contributed by atoms with Crippen LogP contribution in [-0.4, -0.2) is 26.9 Å². The Morgan fingerprint density at radius 2 is 1.74 bits per heavy atom. The number of benzene rings is 1. The molecular weight excluding hydrogens is 427 g/mol. The highest BCUT2D eigenvalue weighted by atomic mass is 79.9. The number of sulfonamides is 1. The summed E-state index contributed by atoms with van der Waals surface area (Å²) in [5.41, 5.74) is 0. The van der Waals surface area contributed by atoms with Gasteiger partial charge < -0.3 is 5.32 Å². The van der Waals surface area contributed by atoms with E-state index in [0.717, 1.165) is 25.7 Å². The summed E-state index contributed by atoms with van der Waals surface area (Å²) in [7, 11) is -3.97. The fourth-order valence-corrected chi connectivity index (χ4v) is 5.46. The lowest BCUT2D eigenvalue weighted by Gasteiger charge is -2.22. The van der Waals surface area contributed by atoms with Crippen molar-refractivity contribution in [1.29, 1.82) is 0 Å². The zero-order chi connectivity index (χ0) is 17.0. The largest absolute Gasteiger partial charge is 0.352 e. The zero-order valence-corrected chi connectivity index (χ0v) is 16.2. The van der Waals surface area contributed by atoms with Crippen LogP contribution in [0, 0.1) is 0 Å². The summed E-state index contributed by atoms with van der Waals surface area (Å²) in [4.78, 5) is 11.7. The molecule has 5 nitrogen and oxygen atoms in total. The first-order valence-electron chi connectivity index (χ1n) is 7.23. The molecule has 0 saturated heterocycles. The van der Waals surface area contributed by atoms with E-state index in [4.69, 9.17) is 23.2 Å². The molecule has 1 aliphatic carbocycles. The topological polar surface area (TPSA) is 75.3 Å². The van der Waals surface area contributed by atoms with Crippen molar-refractivity contribution in [2.45, 2.75) is 43.0 Å². The van der Waals surface area contributed by atoms with Gasteiger partial charge in [-0.1, -0.05) is 58.4 Å². The van der Waals surface area contributed by atoms with Gasteiger partial charge in [0, 0.05) is 10.5 Å². The smallest absolute Gasteiger partial charge is 0.244 e. The normalized spacial score (nSPS) is 16.3. The Bertz CT molecular complexity index is 668. The molecule has 1 amide bonds. The van der Waals surface area contributed by atoms with Crippen molar-refractivity contribution in [3.8, 4) is 0 Å². The molecule has 128 valence electrons. The van der Waals surface area contributed by atoms with Crippen LogP contribution in [0.5, 0.6) is 0 Å². The van der Waals surface area contributed by atoms with Gasteiger partial charge in [0.25, 0.3) is 0 Å². The second-order valence-electron chi connectivity index (χ2n) is 5.43. The summed E-state index contributed by atoms with van der Waals surface area (Å²) in [5, 5.41) is 2.82. The standard InChI is InChI=1S/C14H17BrCl2N2O3S/c15-9-6-11(16)14(12(17)7-9)23(21,22)18-8-13(20)19-10-4-2-1-3-5-10/h6-7,10,18H,1-5,8H2,(H,19,20). The molecular formula is C14H17BrCl2N2O3S. The highest BCUT2D eigenvalue weighted by Crippen LogP contribution is 2.32. The third kappa shape index (κ3) is 5.32. The Morgan fingerprint density at radius 3 is 2.30 bits per heavy atom. The first kappa shape index (κ1) is 19.0. The van der Waals surface area contributed by atoms with E-state index in [1.807, 2.05) is 0 Å². The fourth-order valence-electron chi connectivity index (χ4n) is 2.54. The van der Waals surface area contributed by atoms with Gasteiger partial charge in [0.05, 0.1) is 16.6 Å². The highest BCUT2D eigenvalue weighted by Gasteiger charge is 2.24. The van der Waals surface area contributed by atoms with Gasteiger partial charge in [-0.2, -0.15) is 0 Å². The Balaban J connectivity index is 2.00. The van der Waals surface area contributed by atoms with E-state index in [9.17, 15) is 13.2 Å². The molecule has 1 aliphatic rings. The minimum absolute atomic E-state index is 0.00966. The van der Waals surface area contributed by atoms with Crippen LogP contribution >= 0.6 is 39.1 Å². The summed E-state index contributed by atoms with van der Waals surface area (Å²) >= 11 is 15.1. The molecule has 0 unspecified atom stereocenters. The van der Waals surface area contributed by atoms with E-state index in [1.165, 1.54) is 18.6 Å². The first-order valence-corrected chi connectivity index (χ1v) is 10.3. The second kappa shape index (κ2) is 8.16. The SMILES string of the molecule is O=C(CNS(=O)(=O)c1c(Cl)cc(Br)cc1Cl)NC1CCCCC1. The van der Waals surface area contributed by atoms with Gasteiger partial charge in [-0.15, -0.1) is 0 Å². The predicted octanol–water partition coefficient (Wildman–Crippen LogP) is 3.48. The number of rotatable bonds is 5. The van der Waals surface area contributed by atoms with Crippen molar-refractivity contribution < 1.29 is 13.2 Å². The minimum atomic E-state index is -3.97. The molecule has 0 bridgehead atoms. The molecule has 2 rings (SSSR count). The molecule has 1 saturated carbocycles. The van der Waals surface area contributed by atoms with Gasteiger partial charge >= 0.3 is 0 Å². The lowest BCUT2D eigenvalue weighted by molar-refractivity contribution is -0.120. The van der Waals surface area contributed by atoms with Crippen LogP contribution in [-0.2, 0) is 14.8 Å². The summed E-state index contributed by atoms with van der Waals surface area (Å²) in [6, 6.07) is 2.99. The van der Waals surface area contributed by atoms with Crippen molar-refractivity contribution in [3.05, 3.63) is 26.7 Å². The Hall–Kier alpha value is -0.340. The predicted molar refractivity (Wildman–Crippen MR) is 94.4 cm³/mol.